The van der Waals surface area contributed by atoms with Crippen LogP contribution in [0.3, 0.4) is 0 Å². The minimum absolute atomic E-state index is 0.0408. The minimum atomic E-state index is -0.516. The number of rotatable bonds is 5. The molecular weight excluding hydrogens is 329 g/mol. The summed E-state index contributed by atoms with van der Waals surface area (Å²) < 4.78 is 21.4. The summed E-state index contributed by atoms with van der Waals surface area (Å²) in [5.41, 5.74) is 1.26. The highest BCUT2D eigenvalue weighted by atomic mass is 35.5. The highest BCUT2D eigenvalue weighted by Gasteiger charge is 2.15. The van der Waals surface area contributed by atoms with E-state index in [1.165, 1.54) is 6.07 Å². The molecular formula is C18H15ClFN3O. The molecule has 0 spiro atoms. The summed E-state index contributed by atoms with van der Waals surface area (Å²) in [6.45, 7) is 1.17. The lowest BCUT2D eigenvalue weighted by atomic mass is 10.1. The number of nitriles is 1. The van der Waals surface area contributed by atoms with Crippen molar-refractivity contribution in [2.24, 2.45) is 0 Å². The maximum atomic E-state index is 14.3. The molecule has 3 aromatic rings. The third kappa shape index (κ3) is 3.35. The van der Waals surface area contributed by atoms with Crippen molar-refractivity contribution in [3.05, 3.63) is 71.2 Å². The standard InChI is InChI=1S/C18H15ClFN3O/c1-22(10-14-4-3-7-24-14)12-23-9-13(8-21)16(11-23)15-5-2-6-17(19)18(15)20/h2-7,9,11H,10,12H2,1H3. The van der Waals surface area contributed by atoms with Gasteiger partial charge in [-0.05, 0) is 25.2 Å². The van der Waals surface area contributed by atoms with Gasteiger partial charge in [0.05, 0.1) is 30.1 Å². The number of nitrogens with zero attached hydrogens (tertiary/aromatic N) is 3. The number of hydrogen-bond donors (Lipinski definition) is 0. The molecule has 0 bridgehead atoms. The first-order valence-electron chi connectivity index (χ1n) is 7.33. The third-order valence-corrected chi connectivity index (χ3v) is 3.94. The van der Waals surface area contributed by atoms with E-state index in [0.717, 1.165) is 5.76 Å². The normalized spacial score (nSPS) is 11.0. The first-order valence-corrected chi connectivity index (χ1v) is 7.71. The molecule has 0 aliphatic rings. The largest absolute Gasteiger partial charge is 0.468 e. The highest BCUT2D eigenvalue weighted by Crippen LogP contribution is 2.30. The second-order valence-electron chi connectivity index (χ2n) is 5.55. The zero-order chi connectivity index (χ0) is 17.1. The van der Waals surface area contributed by atoms with Crippen molar-refractivity contribution in [2.75, 3.05) is 7.05 Å². The van der Waals surface area contributed by atoms with Crippen molar-refractivity contribution in [1.82, 2.24) is 9.47 Å². The quantitative estimate of drug-likeness (QED) is 0.685. The van der Waals surface area contributed by atoms with Crippen LogP contribution in [0.4, 0.5) is 4.39 Å². The molecule has 0 atom stereocenters. The lowest BCUT2D eigenvalue weighted by molar-refractivity contribution is 0.240. The van der Waals surface area contributed by atoms with Crippen molar-refractivity contribution in [3.8, 4) is 17.2 Å². The number of aromatic nitrogens is 1. The summed E-state index contributed by atoms with van der Waals surface area (Å²) in [5, 5.41) is 9.39. The SMILES string of the molecule is CN(Cc1ccco1)Cn1cc(C#N)c(-c2cccc(Cl)c2F)c1. The second kappa shape index (κ2) is 6.91. The smallest absolute Gasteiger partial charge is 0.149 e. The fraction of sp³-hybridized carbons (Fsp3) is 0.167. The van der Waals surface area contributed by atoms with E-state index in [1.807, 2.05) is 28.6 Å². The van der Waals surface area contributed by atoms with Gasteiger partial charge in [-0.1, -0.05) is 23.7 Å². The van der Waals surface area contributed by atoms with Gasteiger partial charge in [-0.25, -0.2) is 4.39 Å². The summed E-state index contributed by atoms with van der Waals surface area (Å²) in [6.07, 6.45) is 5.09. The van der Waals surface area contributed by atoms with Crippen molar-refractivity contribution in [1.29, 1.82) is 5.26 Å². The molecule has 24 heavy (non-hydrogen) atoms. The van der Waals surface area contributed by atoms with Crippen molar-refractivity contribution in [3.63, 3.8) is 0 Å². The van der Waals surface area contributed by atoms with Gasteiger partial charge in [0.2, 0.25) is 0 Å². The fourth-order valence-corrected chi connectivity index (χ4v) is 2.78. The number of halogens is 2. The van der Waals surface area contributed by atoms with E-state index in [2.05, 4.69) is 6.07 Å². The van der Waals surface area contributed by atoms with Gasteiger partial charge in [0.1, 0.15) is 17.6 Å². The first-order chi connectivity index (χ1) is 11.6. The van der Waals surface area contributed by atoms with Crippen LogP contribution in [0.1, 0.15) is 11.3 Å². The van der Waals surface area contributed by atoms with E-state index in [9.17, 15) is 9.65 Å². The van der Waals surface area contributed by atoms with Crippen LogP contribution in [0.15, 0.2) is 53.4 Å². The van der Waals surface area contributed by atoms with Gasteiger partial charge in [0, 0.05) is 23.5 Å². The Hall–Kier alpha value is -2.55. The molecule has 4 nitrogen and oxygen atoms in total. The number of furan rings is 1. The van der Waals surface area contributed by atoms with Gasteiger partial charge in [-0.3, -0.25) is 4.90 Å². The Morgan fingerprint density at radius 1 is 1.25 bits per heavy atom. The lowest BCUT2D eigenvalue weighted by Crippen LogP contribution is -2.20. The Morgan fingerprint density at radius 3 is 2.79 bits per heavy atom. The van der Waals surface area contributed by atoms with Crippen LogP contribution in [0.5, 0.6) is 0 Å². The first kappa shape index (κ1) is 16.3. The van der Waals surface area contributed by atoms with Crippen LogP contribution in [-0.4, -0.2) is 16.5 Å². The summed E-state index contributed by atoms with van der Waals surface area (Å²) in [5.74, 6) is 0.337. The highest BCUT2D eigenvalue weighted by molar-refractivity contribution is 6.31. The molecule has 0 aliphatic carbocycles. The van der Waals surface area contributed by atoms with Crippen LogP contribution in [0, 0.1) is 17.1 Å². The Kier molecular flexibility index (Phi) is 4.70. The zero-order valence-corrected chi connectivity index (χ0v) is 13.8. The van der Waals surface area contributed by atoms with Gasteiger partial charge in [0.15, 0.2) is 0 Å². The number of benzene rings is 1. The van der Waals surface area contributed by atoms with Crippen molar-refractivity contribution < 1.29 is 8.81 Å². The summed E-state index contributed by atoms with van der Waals surface area (Å²) >= 11 is 5.85. The Balaban J connectivity index is 1.85. The molecule has 3 rings (SSSR count). The van der Waals surface area contributed by atoms with Crippen molar-refractivity contribution >= 4 is 11.6 Å². The van der Waals surface area contributed by atoms with Crippen LogP contribution >= 0.6 is 11.6 Å². The van der Waals surface area contributed by atoms with E-state index in [4.69, 9.17) is 16.0 Å². The summed E-state index contributed by atoms with van der Waals surface area (Å²) in [6, 6.07) is 10.6. The van der Waals surface area contributed by atoms with E-state index in [1.54, 1.807) is 30.8 Å². The summed E-state index contributed by atoms with van der Waals surface area (Å²) in [4.78, 5) is 2.03. The third-order valence-electron chi connectivity index (χ3n) is 3.65. The molecule has 0 fully saturated rings. The molecule has 0 amide bonds. The van der Waals surface area contributed by atoms with Gasteiger partial charge >= 0.3 is 0 Å². The fourth-order valence-electron chi connectivity index (χ4n) is 2.60. The van der Waals surface area contributed by atoms with Crippen molar-refractivity contribution in [2.45, 2.75) is 13.2 Å². The van der Waals surface area contributed by atoms with Crippen LogP contribution in [-0.2, 0) is 13.2 Å². The predicted molar refractivity (Wildman–Crippen MR) is 89.7 cm³/mol. The van der Waals surface area contributed by atoms with Crippen LogP contribution in [0.2, 0.25) is 5.02 Å². The van der Waals surface area contributed by atoms with Gasteiger partial charge in [-0.15, -0.1) is 0 Å². The van der Waals surface area contributed by atoms with Crippen LogP contribution in [0.25, 0.3) is 11.1 Å². The molecule has 2 heterocycles. The van der Waals surface area contributed by atoms with Crippen LogP contribution < -0.4 is 0 Å². The summed E-state index contributed by atoms with van der Waals surface area (Å²) in [7, 11) is 1.94. The lowest BCUT2D eigenvalue weighted by Gasteiger charge is -2.15. The van der Waals surface area contributed by atoms with E-state index in [0.29, 0.717) is 29.9 Å². The molecule has 6 heteroatoms. The molecule has 0 saturated heterocycles. The molecule has 2 aromatic heterocycles. The Bertz CT molecular complexity index is 880. The molecule has 0 aliphatic heterocycles. The monoisotopic (exact) mass is 343 g/mol. The average Bonchev–Trinajstić information content (AvgIpc) is 3.19. The second-order valence-corrected chi connectivity index (χ2v) is 5.96. The minimum Gasteiger partial charge on any atom is -0.468 e. The zero-order valence-electron chi connectivity index (χ0n) is 13.0. The van der Waals surface area contributed by atoms with E-state index >= 15 is 0 Å². The molecule has 1 aromatic carbocycles. The topological polar surface area (TPSA) is 45.1 Å². The molecule has 0 saturated carbocycles. The Morgan fingerprint density at radius 2 is 2.08 bits per heavy atom. The van der Waals surface area contributed by atoms with Gasteiger partial charge in [-0.2, -0.15) is 5.26 Å². The predicted octanol–water partition coefficient (Wildman–Crippen LogP) is 4.50. The maximum absolute atomic E-state index is 14.3. The average molecular weight is 344 g/mol. The van der Waals surface area contributed by atoms with E-state index in [-0.39, 0.29) is 5.02 Å². The molecule has 0 unspecified atom stereocenters. The van der Waals surface area contributed by atoms with Gasteiger partial charge < -0.3 is 8.98 Å². The number of hydrogen-bond acceptors (Lipinski definition) is 3. The van der Waals surface area contributed by atoms with E-state index < -0.39 is 5.82 Å². The van der Waals surface area contributed by atoms with Gasteiger partial charge in [0.25, 0.3) is 0 Å². The Labute approximate surface area is 144 Å². The molecule has 122 valence electrons. The molecule has 0 radical (unpaired) electrons. The molecule has 0 N–H and O–H groups in total. The maximum Gasteiger partial charge on any atom is 0.149 e.